The minimum absolute atomic E-state index is 0.0317. The van der Waals surface area contributed by atoms with Crippen molar-refractivity contribution in [2.75, 3.05) is 0 Å². The molecule has 7 fully saturated rings. The molecule has 1 aliphatic heterocycles. The number of aliphatic hydroxyl groups is 4. The molecule has 6 saturated carbocycles. The lowest BCUT2D eigenvalue weighted by molar-refractivity contribution is -0.108. The van der Waals surface area contributed by atoms with Crippen LogP contribution in [0.25, 0.3) is 0 Å². The molecular formula is C55H94O9Si2. The second-order valence-electron chi connectivity index (χ2n) is 29.5. The fourth-order valence-corrected chi connectivity index (χ4v) is 19.2. The molecule has 0 bridgehead atoms. The van der Waals surface area contributed by atoms with Crippen LogP contribution in [0, 0.1) is 80.8 Å². The average Bonchev–Trinajstić information content (AvgIpc) is 3.63. The van der Waals surface area contributed by atoms with Crippen LogP contribution in [0.15, 0.2) is 23.3 Å². The van der Waals surface area contributed by atoms with Gasteiger partial charge in [0.2, 0.25) is 0 Å². The highest BCUT2D eigenvalue weighted by Gasteiger charge is 2.78. The van der Waals surface area contributed by atoms with Crippen LogP contribution in [0.1, 0.15) is 150 Å². The Morgan fingerprint density at radius 2 is 1.02 bits per heavy atom. The Labute approximate surface area is 402 Å². The molecule has 20 atom stereocenters. The van der Waals surface area contributed by atoms with Gasteiger partial charge in [-0.1, -0.05) is 117 Å². The van der Waals surface area contributed by atoms with E-state index in [4.69, 9.17) is 18.3 Å². The third-order valence-electron chi connectivity index (χ3n) is 22.6. The number of hydrogen-bond donors (Lipinski definition) is 4. The summed E-state index contributed by atoms with van der Waals surface area (Å²) in [6, 6.07) is 0. The summed E-state index contributed by atoms with van der Waals surface area (Å²) < 4.78 is 26.7. The molecule has 0 radical (unpaired) electrons. The Morgan fingerprint density at radius 3 is 1.45 bits per heavy atom. The highest BCUT2D eigenvalue weighted by molar-refractivity contribution is 6.74. The van der Waals surface area contributed by atoms with Crippen molar-refractivity contribution in [3.05, 3.63) is 23.3 Å². The van der Waals surface area contributed by atoms with Crippen molar-refractivity contribution in [2.24, 2.45) is 80.8 Å². The van der Waals surface area contributed by atoms with Gasteiger partial charge in [0.05, 0.1) is 29.5 Å². The third-order valence-corrected chi connectivity index (χ3v) is 31.5. The SMILES string of the molecule is C[C@H]1[C@@H](O[Si](C)(C)C(C)(C)C)[C@H]2[C@H]3[C@@H](C[C@@H](C)[C@]2(C)C2=C[C@@](C)(O)C[C@@]2(O)[C@@H]1O)C3(C)C.C[C@H]1[C@@H](O[Si](C)(C)C(C)(C)C)[C@H]2[C@H]3[C@@H](C[C@@H](C)[C@]2(C)C2=C[C@@](C)(O)C[C@]24OC(=O)O[C@H]14)C3(C)C. The molecule has 1 heterocycles. The van der Waals surface area contributed by atoms with Crippen LogP contribution >= 0.6 is 0 Å². The average molecular weight is 956 g/mol. The predicted molar refractivity (Wildman–Crippen MR) is 266 cm³/mol. The molecule has 11 heteroatoms. The van der Waals surface area contributed by atoms with Crippen LogP contribution in [0.3, 0.4) is 0 Å². The first-order valence-corrected chi connectivity index (χ1v) is 31.9. The van der Waals surface area contributed by atoms with Crippen LogP contribution in [-0.2, 0) is 18.3 Å². The van der Waals surface area contributed by atoms with Crippen molar-refractivity contribution in [1.82, 2.24) is 0 Å². The van der Waals surface area contributed by atoms with Crippen LogP contribution in [0.4, 0.5) is 4.79 Å². The normalized spacial score (nSPS) is 51.8. The third kappa shape index (κ3) is 6.99. The van der Waals surface area contributed by atoms with E-state index in [0.29, 0.717) is 41.9 Å². The molecule has 376 valence electrons. The van der Waals surface area contributed by atoms with E-state index in [9.17, 15) is 25.2 Å². The largest absolute Gasteiger partial charge is 0.509 e. The molecule has 66 heavy (non-hydrogen) atoms. The van der Waals surface area contributed by atoms with Gasteiger partial charge in [-0.15, -0.1) is 0 Å². The van der Waals surface area contributed by atoms with Gasteiger partial charge in [-0.3, -0.25) is 0 Å². The van der Waals surface area contributed by atoms with E-state index in [1.165, 1.54) is 0 Å². The lowest BCUT2D eigenvalue weighted by Gasteiger charge is -2.52. The van der Waals surface area contributed by atoms with Gasteiger partial charge in [0.25, 0.3) is 0 Å². The van der Waals surface area contributed by atoms with Crippen LogP contribution < -0.4 is 0 Å². The van der Waals surface area contributed by atoms with Crippen LogP contribution in [-0.4, -0.2) is 90.0 Å². The van der Waals surface area contributed by atoms with Crippen molar-refractivity contribution in [3.63, 3.8) is 0 Å². The first kappa shape index (κ1) is 51.3. The summed E-state index contributed by atoms with van der Waals surface area (Å²) in [5, 5.41) is 46.3. The molecule has 0 aromatic carbocycles. The molecule has 9 rings (SSSR count). The molecule has 8 aliphatic carbocycles. The van der Waals surface area contributed by atoms with E-state index in [-0.39, 0.29) is 74.0 Å². The summed E-state index contributed by atoms with van der Waals surface area (Å²) in [7, 11) is -4.25. The number of rotatable bonds is 4. The van der Waals surface area contributed by atoms with Gasteiger partial charge in [0.15, 0.2) is 28.3 Å². The Bertz CT molecular complexity index is 2060. The van der Waals surface area contributed by atoms with Gasteiger partial charge >= 0.3 is 6.16 Å². The minimum Gasteiger partial charge on any atom is -0.426 e. The Hall–Kier alpha value is -1.06. The molecule has 1 spiro atoms. The zero-order valence-corrected chi connectivity index (χ0v) is 47.4. The second kappa shape index (κ2) is 14.6. The number of ether oxygens (including phenoxy) is 2. The maximum absolute atomic E-state index is 12.7. The highest BCUT2D eigenvalue weighted by Crippen LogP contribution is 2.79. The molecular weight excluding hydrogens is 861 g/mol. The number of hydrogen-bond acceptors (Lipinski definition) is 9. The van der Waals surface area contributed by atoms with E-state index < -0.39 is 57.4 Å². The lowest BCUT2D eigenvalue weighted by atomic mass is 9.55. The fourth-order valence-electron chi connectivity index (χ4n) is 16.4. The summed E-state index contributed by atoms with van der Waals surface area (Å²) in [5.41, 5.74) is -2.60. The smallest absolute Gasteiger partial charge is 0.426 e. The fraction of sp³-hybridized carbons (Fsp3) is 0.909. The van der Waals surface area contributed by atoms with Crippen molar-refractivity contribution in [1.29, 1.82) is 0 Å². The first-order valence-electron chi connectivity index (χ1n) is 26.1. The maximum atomic E-state index is 12.7. The Balaban J connectivity index is 0.000000180. The molecule has 9 aliphatic rings. The molecule has 4 N–H and O–H groups in total. The Morgan fingerprint density at radius 1 is 0.621 bits per heavy atom. The zero-order chi connectivity index (χ0) is 49.9. The van der Waals surface area contributed by atoms with Crippen molar-refractivity contribution >= 4 is 22.8 Å². The number of carbonyl (C=O) groups is 1. The van der Waals surface area contributed by atoms with Crippen LogP contribution in [0.2, 0.25) is 36.3 Å². The summed E-state index contributed by atoms with van der Waals surface area (Å²) in [5.74, 6) is 3.33. The second-order valence-corrected chi connectivity index (χ2v) is 39.0. The van der Waals surface area contributed by atoms with E-state index in [0.717, 1.165) is 24.0 Å². The van der Waals surface area contributed by atoms with Crippen LogP contribution in [0.5, 0.6) is 0 Å². The number of aliphatic hydroxyl groups excluding tert-OH is 1. The van der Waals surface area contributed by atoms with Gasteiger partial charge < -0.3 is 38.8 Å². The highest BCUT2D eigenvalue weighted by atomic mass is 28.4. The molecule has 0 amide bonds. The molecule has 0 aromatic rings. The Kier molecular flexibility index (Phi) is 11.3. The minimum atomic E-state index is -2.13. The topological polar surface area (TPSA) is 135 Å². The summed E-state index contributed by atoms with van der Waals surface area (Å²) in [6.45, 7) is 49.8. The van der Waals surface area contributed by atoms with Gasteiger partial charge in [0.1, 0.15) is 5.60 Å². The zero-order valence-electron chi connectivity index (χ0n) is 45.4. The molecule has 0 unspecified atom stereocenters. The lowest BCUT2D eigenvalue weighted by Crippen LogP contribution is -2.54. The standard InChI is InChI=1S/C28H46O5Si.C27H48O4Si/c1-15-12-17-19(25(17,6)7)20-21(33-34(10,11)24(3,4)5)16(2)22-28(32-23(29)31-22)14-26(8,30)13-18(28)27(15,20)9;1-15-12-17-19(24(17,6)7)20-21(31-32(10,11)23(3,4)5)16(2)22(28)27(30)14-25(8,29)13-18(27)26(15,20)9/h13,15-17,19-22,30H,12,14H2,1-11H3;13,15-17,19-22,28-30H,12,14H2,1-11H3/t15-,16+,17-,19-,20-,21-,22-,26-,27-,28+;15-,16+,17-,19-,20-,21-,22-,25-,26-,27+/m11/s1. The van der Waals surface area contributed by atoms with E-state index in [1.54, 1.807) is 6.92 Å². The summed E-state index contributed by atoms with van der Waals surface area (Å²) in [6.07, 6.45) is 4.54. The van der Waals surface area contributed by atoms with E-state index >= 15 is 0 Å². The van der Waals surface area contributed by atoms with E-state index in [1.807, 2.05) is 19.1 Å². The van der Waals surface area contributed by atoms with Gasteiger partial charge in [0, 0.05) is 30.1 Å². The molecule has 1 saturated heterocycles. The summed E-state index contributed by atoms with van der Waals surface area (Å²) in [4.78, 5) is 12.7. The first-order chi connectivity index (χ1) is 29.5. The van der Waals surface area contributed by atoms with Crippen molar-refractivity contribution < 1.29 is 43.5 Å². The molecule has 9 nitrogen and oxygen atoms in total. The predicted octanol–water partition coefficient (Wildman–Crippen LogP) is 11.5. The number of fused-ring (bicyclic) bond motifs is 9. The quantitative estimate of drug-likeness (QED) is 0.123. The molecule has 0 aromatic heterocycles. The monoisotopic (exact) mass is 955 g/mol. The van der Waals surface area contributed by atoms with Gasteiger partial charge in [-0.05, 0) is 144 Å². The van der Waals surface area contributed by atoms with Crippen molar-refractivity contribution in [2.45, 2.75) is 233 Å². The number of carbonyl (C=O) groups excluding carboxylic acids is 1. The summed E-state index contributed by atoms with van der Waals surface area (Å²) >= 11 is 0. The van der Waals surface area contributed by atoms with E-state index in [2.05, 4.69) is 137 Å². The maximum Gasteiger partial charge on any atom is 0.509 e. The van der Waals surface area contributed by atoms with Crippen molar-refractivity contribution in [3.8, 4) is 0 Å². The van der Waals surface area contributed by atoms with Gasteiger partial charge in [-0.25, -0.2) is 4.79 Å². The van der Waals surface area contributed by atoms with Gasteiger partial charge in [-0.2, -0.15) is 0 Å².